The highest BCUT2D eigenvalue weighted by atomic mass is 16.5. The predicted octanol–water partition coefficient (Wildman–Crippen LogP) is 2.62. The molecule has 0 bridgehead atoms. The number of anilines is 1. The Morgan fingerprint density at radius 3 is 2.86 bits per heavy atom. The lowest BCUT2D eigenvalue weighted by Crippen LogP contribution is -2.02. The number of ether oxygens (including phenoxy) is 1. The van der Waals surface area contributed by atoms with Crippen LogP contribution in [-0.2, 0) is 6.42 Å². The first-order valence-electron chi connectivity index (χ1n) is 5.30. The van der Waals surface area contributed by atoms with Crippen LogP contribution in [0.1, 0.15) is 25.3 Å². The molecule has 2 nitrogen and oxygen atoms in total. The lowest BCUT2D eigenvalue weighted by molar-refractivity contribution is 0.297. The van der Waals surface area contributed by atoms with Crippen LogP contribution in [-0.4, -0.2) is 6.61 Å². The third-order valence-corrected chi connectivity index (χ3v) is 2.64. The van der Waals surface area contributed by atoms with E-state index in [0.717, 1.165) is 30.4 Å². The summed E-state index contributed by atoms with van der Waals surface area (Å²) in [6, 6.07) is 5.89. The zero-order valence-electron chi connectivity index (χ0n) is 8.62. The van der Waals surface area contributed by atoms with Crippen molar-refractivity contribution in [3.63, 3.8) is 0 Å². The Balaban J connectivity index is 2.05. The van der Waals surface area contributed by atoms with Gasteiger partial charge in [0.05, 0.1) is 6.61 Å². The molecule has 1 aliphatic rings. The van der Waals surface area contributed by atoms with Crippen molar-refractivity contribution in [3.05, 3.63) is 23.8 Å². The monoisotopic (exact) mass is 191 g/mol. The zero-order chi connectivity index (χ0) is 9.97. The van der Waals surface area contributed by atoms with Crippen molar-refractivity contribution < 1.29 is 4.74 Å². The molecule has 0 unspecified atom stereocenters. The molecule has 76 valence electrons. The SMILES string of the molecule is CCc1cc(N)ccc1OCC1CC1. The third kappa shape index (κ3) is 2.19. The maximum absolute atomic E-state index is 5.75. The van der Waals surface area contributed by atoms with Crippen molar-refractivity contribution in [2.24, 2.45) is 5.92 Å². The third-order valence-electron chi connectivity index (χ3n) is 2.64. The molecule has 1 fully saturated rings. The summed E-state index contributed by atoms with van der Waals surface area (Å²) in [6.07, 6.45) is 3.64. The van der Waals surface area contributed by atoms with Crippen LogP contribution >= 0.6 is 0 Å². The van der Waals surface area contributed by atoms with Gasteiger partial charge in [-0.05, 0) is 48.9 Å². The summed E-state index contributed by atoms with van der Waals surface area (Å²) in [5.74, 6) is 1.81. The van der Waals surface area contributed by atoms with Crippen LogP contribution in [0.4, 0.5) is 5.69 Å². The van der Waals surface area contributed by atoms with Crippen LogP contribution in [0.15, 0.2) is 18.2 Å². The van der Waals surface area contributed by atoms with Crippen molar-refractivity contribution in [1.29, 1.82) is 0 Å². The molecule has 1 aromatic rings. The molecule has 1 aliphatic carbocycles. The van der Waals surface area contributed by atoms with Crippen molar-refractivity contribution in [1.82, 2.24) is 0 Å². The normalized spacial score (nSPS) is 15.5. The molecule has 0 aromatic heterocycles. The molecule has 2 rings (SSSR count). The lowest BCUT2D eigenvalue weighted by atomic mass is 10.1. The molecular formula is C12H17NO. The fraction of sp³-hybridized carbons (Fsp3) is 0.500. The van der Waals surface area contributed by atoms with E-state index in [9.17, 15) is 0 Å². The predicted molar refractivity (Wildman–Crippen MR) is 58.5 cm³/mol. The van der Waals surface area contributed by atoms with Crippen LogP contribution in [0.25, 0.3) is 0 Å². The van der Waals surface area contributed by atoms with Crippen LogP contribution in [0, 0.1) is 5.92 Å². The molecule has 0 atom stereocenters. The molecule has 14 heavy (non-hydrogen) atoms. The Labute approximate surface area is 85.1 Å². The summed E-state index contributed by atoms with van der Waals surface area (Å²) in [4.78, 5) is 0. The van der Waals surface area contributed by atoms with E-state index >= 15 is 0 Å². The Bertz CT molecular complexity index is 318. The zero-order valence-corrected chi connectivity index (χ0v) is 8.62. The molecule has 0 heterocycles. The molecule has 1 aromatic carbocycles. The average Bonchev–Trinajstić information content (AvgIpc) is 2.99. The number of benzene rings is 1. The van der Waals surface area contributed by atoms with Gasteiger partial charge in [-0.1, -0.05) is 6.92 Å². The molecule has 0 radical (unpaired) electrons. The highest BCUT2D eigenvalue weighted by molar-refractivity contribution is 5.47. The van der Waals surface area contributed by atoms with Crippen LogP contribution in [0.2, 0.25) is 0 Å². The molecule has 1 saturated carbocycles. The van der Waals surface area contributed by atoms with Crippen molar-refractivity contribution in [3.8, 4) is 5.75 Å². The molecule has 0 spiro atoms. The van der Waals surface area contributed by atoms with Gasteiger partial charge in [-0.15, -0.1) is 0 Å². The summed E-state index contributed by atoms with van der Waals surface area (Å²) < 4.78 is 5.75. The Hall–Kier alpha value is -1.18. The van der Waals surface area contributed by atoms with Gasteiger partial charge in [0, 0.05) is 5.69 Å². The highest BCUT2D eigenvalue weighted by Gasteiger charge is 2.22. The fourth-order valence-corrected chi connectivity index (χ4v) is 1.51. The summed E-state index contributed by atoms with van der Waals surface area (Å²) in [5.41, 5.74) is 7.75. The van der Waals surface area contributed by atoms with E-state index in [1.54, 1.807) is 0 Å². The topological polar surface area (TPSA) is 35.2 Å². The fourth-order valence-electron chi connectivity index (χ4n) is 1.51. The first-order valence-corrected chi connectivity index (χ1v) is 5.30. The molecule has 2 N–H and O–H groups in total. The van der Waals surface area contributed by atoms with Crippen molar-refractivity contribution in [2.75, 3.05) is 12.3 Å². The first kappa shape index (κ1) is 9.38. The van der Waals surface area contributed by atoms with Gasteiger partial charge < -0.3 is 10.5 Å². The summed E-state index contributed by atoms with van der Waals surface area (Å²) in [6.45, 7) is 3.00. The van der Waals surface area contributed by atoms with Gasteiger partial charge in [-0.25, -0.2) is 0 Å². The summed E-state index contributed by atoms with van der Waals surface area (Å²) >= 11 is 0. The summed E-state index contributed by atoms with van der Waals surface area (Å²) in [7, 11) is 0. The Morgan fingerprint density at radius 2 is 2.21 bits per heavy atom. The Morgan fingerprint density at radius 1 is 1.43 bits per heavy atom. The molecule has 0 amide bonds. The largest absolute Gasteiger partial charge is 0.493 e. The van der Waals surface area contributed by atoms with E-state index in [2.05, 4.69) is 6.92 Å². The van der Waals surface area contributed by atoms with Gasteiger partial charge in [0.15, 0.2) is 0 Å². The minimum Gasteiger partial charge on any atom is -0.493 e. The molecule has 0 aliphatic heterocycles. The number of rotatable bonds is 4. The second kappa shape index (κ2) is 3.91. The second-order valence-corrected chi connectivity index (χ2v) is 3.98. The number of aryl methyl sites for hydroxylation is 1. The smallest absolute Gasteiger partial charge is 0.122 e. The minimum atomic E-state index is 0.803. The van der Waals surface area contributed by atoms with Gasteiger partial charge in [-0.2, -0.15) is 0 Å². The van der Waals surface area contributed by atoms with E-state index in [1.165, 1.54) is 18.4 Å². The van der Waals surface area contributed by atoms with E-state index in [-0.39, 0.29) is 0 Å². The standard InChI is InChI=1S/C12H17NO/c1-2-10-7-11(13)5-6-12(10)14-8-9-3-4-9/h5-7,9H,2-4,8,13H2,1H3. The van der Waals surface area contributed by atoms with Crippen LogP contribution in [0.3, 0.4) is 0 Å². The highest BCUT2D eigenvalue weighted by Crippen LogP contribution is 2.30. The van der Waals surface area contributed by atoms with Gasteiger partial charge in [0.25, 0.3) is 0 Å². The number of nitrogens with two attached hydrogens (primary N) is 1. The van der Waals surface area contributed by atoms with E-state index < -0.39 is 0 Å². The van der Waals surface area contributed by atoms with Gasteiger partial charge in [-0.3, -0.25) is 0 Å². The van der Waals surface area contributed by atoms with Crippen molar-refractivity contribution in [2.45, 2.75) is 26.2 Å². The number of hydrogen-bond acceptors (Lipinski definition) is 2. The van der Waals surface area contributed by atoms with Gasteiger partial charge in [0.1, 0.15) is 5.75 Å². The minimum absolute atomic E-state index is 0.803. The molecule has 2 heteroatoms. The second-order valence-electron chi connectivity index (χ2n) is 3.98. The number of nitrogen functional groups attached to an aromatic ring is 1. The maximum Gasteiger partial charge on any atom is 0.122 e. The van der Waals surface area contributed by atoms with Crippen LogP contribution in [0.5, 0.6) is 5.75 Å². The van der Waals surface area contributed by atoms with Gasteiger partial charge in [0.2, 0.25) is 0 Å². The quantitative estimate of drug-likeness (QED) is 0.742. The summed E-state index contributed by atoms with van der Waals surface area (Å²) in [5, 5.41) is 0. The van der Waals surface area contributed by atoms with E-state index in [1.807, 2.05) is 18.2 Å². The molecular weight excluding hydrogens is 174 g/mol. The van der Waals surface area contributed by atoms with Gasteiger partial charge >= 0.3 is 0 Å². The first-order chi connectivity index (χ1) is 6.79. The van der Waals surface area contributed by atoms with Crippen molar-refractivity contribution >= 4 is 5.69 Å². The lowest BCUT2D eigenvalue weighted by Gasteiger charge is -2.10. The number of hydrogen-bond donors (Lipinski definition) is 1. The van der Waals surface area contributed by atoms with E-state index in [4.69, 9.17) is 10.5 Å². The van der Waals surface area contributed by atoms with E-state index in [0.29, 0.717) is 0 Å². The average molecular weight is 191 g/mol. The Kier molecular flexibility index (Phi) is 2.62. The molecule has 0 saturated heterocycles. The maximum atomic E-state index is 5.75. The van der Waals surface area contributed by atoms with Crippen LogP contribution < -0.4 is 10.5 Å².